The molecule has 0 heterocycles. The minimum Gasteiger partial charge on any atom is -0.503 e. The van der Waals surface area contributed by atoms with Gasteiger partial charge in [0.25, 0.3) is 11.8 Å². The standard InChI is InChI=1S/C19H20BrN3O5/c1-11(22-19(26)13-4-6-14(27-2)7-5-13)18(25)23-21-10-12-8-15(20)17(24)16(9-12)28-3/h4-11,24H,1-3H3,(H,22,26)(H,23,25). The fourth-order valence-corrected chi connectivity index (χ4v) is 2.64. The van der Waals surface area contributed by atoms with Crippen LogP contribution in [0.5, 0.6) is 17.2 Å². The van der Waals surface area contributed by atoms with Crippen molar-refractivity contribution in [1.82, 2.24) is 10.7 Å². The molecule has 1 atom stereocenters. The molecule has 0 aliphatic carbocycles. The number of methoxy groups -OCH3 is 2. The zero-order valence-electron chi connectivity index (χ0n) is 15.5. The van der Waals surface area contributed by atoms with Gasteiger partial charge in [-0.3, -0.25) is 9.59 Å². The molecule has 0 spiro atoms. The second kappa shape index (κ2) is 9.75. The van der Waals surface area contributed by atoms with E-state index in [-0.39, 0.29) is 17.4 Å². The summed E-state index contributed by atoms with van der Waals surface area (Å²) in [6.07, 6.45) is 1.39. The highest BCUT2D eigenvalue weighted by Crippen LogP contribution is 2.34. The third-order valence-corrected chi connectivity index (χ3v) is 4.36. The van der Waals surface area contributed by atoms with Crippen LogP contribution in [0.3, 0.4) is 0 Å². The Hall–Kier alpha value is -3.07. The second-order valence-corrected chi connectivity index (χ2v) is 6.57. The molecule has 2 aromatic rings. The molecule has 0 fully saturated rings. The number of amides is 2. The van der Waals surface area contributed by atoms with Crippen molar-refractivity contribution in [3.63, 3.8) is 0 Å². The molecule has 0 aromatic heterocycles. The quantitative estimate of drug-likeness (QED) is 0.444. The first-order valence-corrected chi connectivity index (χ1v) is 8.99. The van der Waals surface area contributed by atoms with E-state index in [1.807, 2.05) is 0 Å². The van der Waals surface area contributed by atoms with Crippen LogP contribution in [0.15, 0.2) is 46.0 Å². The third kappa shape index (κ3) is 5.46. The van der Waals surface area contributed by atoms with Gasteiger partial charge in [-0.1, -0.05) is 0 Å². The Morgan fingerprint density at radius 2 is 1.86 bits per heavy atom. The maximum Gasteiger partial charge on any atom is 0.262 e. The number of hydrogen-bond donors (Lipinski definition) is 3. The summed E-state index contributed by atoms with van der Waals surface area (Å²) in [5.41, 5.74) is 3.36. The van der Waals surface area contributed by atoms with Crippen molar-refractivity contribution in [2.45, 2.75) is 13.0 Å². The predicted octanol–water partition coefficient (Wildman–Crippen LogP) is 2.44. The molecule has 0 bridgehead atoms. The van der Waals surface area contributed by atoms with Crippen LogP contribution >= 0.6 is 15.9 Å². The number of carbonyl (C=O) groups is 2. The highest BCUT2D eigenvalue weighted by atomic mass is 79.9. The molecule has 3 N–H and O–H groups in total. The lowest BCUT2D eigenvalue weighted by molar-refractivity contribution is -0.122. The lowest BCUT2D eigenvalue weighted by Gasteiger charge is -2.12. The van der Waals surface area contributed by atoms with Gasteiger partial charge in [-0.25, -0.2) is 5.43 Å². The molecule has 0 aliphatic heterocycles. The first-order chi connectivity index (χ1) is 13.3. The molecule has 0 aliphatic rings. The summed E-state index contributed by atoms with van der Waals surface area (Å²) in [4.78, 5) is 24.3. The van der Waals surface area contributed by atoms with E-state index in [9.17, 15) is 14.7 Å². The molecule has 0 saturated heterocycles. The van der Waals surface area contributed by atoms with Crippen LogP contribution in [0, 0.1) is 0 Å². The number of phenolic OH excluding ortho intramolecular Hbond substituents is 1. The Bertz CT molecular complexity index is 884. The Morgan fingerprint density at radius 1 is 1.18 bits per heavy atom. The fourth-order valence-electron chi connectivity index (χ4n) is 2.18. The number of halogens is 1. The van der Waals surface area contributed by atoms with Crippen LogP contribution in [0.4, 0.5) is 0 Å². The number of nitrogens with one attached hydrogen (secondary N) is 2. The fraction of sp³-hybridized carbons (Fsp3) is 0.211. The zero-order valence-corrected chi connectivity index (χ0v) is 17.1. The van der Waals surface area contributed by atoms with Gasteiger partial charge in [0.05, 0.1) is 24.9 Å². The van der Waals surface area contributed by atoms with Crippen molar-refractivity contribution >= 4 is 34.0 Å². The molecule has 2 rings (SSSR count). The zero-order chi connectivity index (χ0) is 20.7. The average Bonchev–Trinajstić information content (AvgIpc) is 2.70. The molecule has 9 heteroatoms. The Kier molecular flexibility index (Phi) is 7.39. The lowest BCUT2D eigenvalue weighted by Crippen LogP contribution is -2.43. The molecule has 8 nitrogen and oxygen atoms in total. The summed E-state index contributed by atoms with van der Waals surface area (Å²) in [5, 5.41) is 16.2. The van der Waals surface area contributed by atoms with Crippen LogP contribution in [-0.4, -0.2) is 43.4 Å². The van der Waals surface area contributed by atoms with Crippen molar-refractivity contribution < 1.29 is 24.2 Å². The smallest absolute Gasteiger partial charge is 0.262 e. The second-order valence-electron chi connectivity index (χ2n) is 5.71. The molecule has 148 valence electrons. The van der Waals surface area contributed by atoms with Crippen molar-refractivity contribution in [1.29, 1.82) is 0 Å². The van der Waals surface area contributed by atoms with Crippen LogP contribution in [-0.2, 0) is 4.79 Å². The van der Waals surface area contributed by atoms with Gasteiger partial charge in [0.2, 0.25) is 0 Å². The number of rotatable bonds is 7. The molecule has 28 heavy (non-hydrogen) atoms. The Labute approximate surface area is 170 Å². The molecule has 0 radical (unpaired) electrons. The summed E-state index contributed by atoms with van der Waals surface area (Å²) in [6, 6.07) is 8.91. The Morgan fingerprint density at radius 3 is 2.46 bits per heavy atom. The molecular weight excluding hydrogens is 430 g/mol. The van der Waals surface area contributed by atoms with Gasteiger partial charge in [0, 0.05) is 5.56 Å². The van der Waals surface area contributed by atoms with Gasteiger partial charge in [-0.15, -0.1) is 0 Å². The van der Waals surface area contributed by atoms with Gasteiger partial charge < -0.3 is 19.9 Å². The number of ether oxygens (including phenoxy) is 2. The van der Waals surface area contributed by atoms with E-state index in [4.69, 9.17) is 9.47 Å². The molecule has 1 unspecified atom stereocenters. The molecule has 0 saturated carbocycles. The largest absolute Gasteiger partial charge is 0.503 e. The summed E-state index contributed by atoms with van der Waals surface area (Å²) >= 11 is 3.21. The van der Waals surface area contributed by atoms with Gasteiger partial charge >= 0.3 is 0 Å². The van der Waals surface area contributed by atoms with Crippen molar-refractivity contribution in [2.24, 2.45) is 5.10 Å². The molecular formula is C19H20BrN3O5. The topological polar surface area (TPSA) is 109 Å². The van der Waals surface area contributed by atoms with Crippen LogP contribution in [0.25, 0.3) is 0 Å². The summed E-state index contributed by atoms with van der Waals surface area (Å²) in [6.45, 7) is 1.55. The SMILES string of the molecule is COc1ccc(C(=O)NC(C)C(=O)NN=Cc2cc(Br)c(O)c(OC)c2)cc1. The highest BCUT2D eigenvalue weighted by Gasteiger charge is 2.16. The number of hydrazone groups is 1. The number of aromatic hydroxyl groups is 1. The number of phenols is 1. The van der Waals surface area contributed by atoms with Crippen LogP contribution in [0.1, 0.15) is 22.8 Å². The van der Waals surface area contributed by atoms with Crippen molar-refractivity contribution in [3.05, 3.63) is 52.0 Å². The van der Waals surface area contributed by atoms with Crippen molar-refractivity contribution in [3.8, 4) is 17.2 Å². The maximum absolute atomic E-state index is 12.2. The molecule has 2 aromatic carbocycles. The summed E-state index contributed by atoms with van der Waals surface area (Å²) in [5.74, 6) is -0.000548. The minimum atomic E-state index is -0.798. The summed E-state index contributed by atoms with van der Waals surface area (Å²) < 4.78 is 10.5. The maximum atomic E-state index is 12.2. The third-order valence-electron chi connectivity index (χ3n) is 3.75. The first kappa shape index (κ1) is 21.2. The summed E-state index contributed by atoms with van der Waals surface area (Å²) in [7, 11) is 2.96. The van der Waals surface area contributed by atoms with E-state index in [1.165, 1.54) is 20.4 Å². The van der Waals surface area contributed by atoms with E-state index >= 15 is 0 Å². The van der Waals surface area contributed by atoms with Crippen LogP contribution in [0.2, 0.25) is 0 Å². The van der Waals surface area contributed by atoms with Gasteiger partial charge in [0.15, 0.2) is 11.5 Å². The van der Waals surface area contributed by atoms with Gasteiger partial charge in [-0.2, -0.15) is 5.10 Å². The minimum absolute atomic E-state index is 0.0291. The number of benzene rings is 2. The van der Waals surface area contributed by atoms with E-state index in [1.54, 1.807) is 43.3 Å². The lowest BCUT2D eigenvalue weighted by atomic mass is 10.2. The van der Waals surface area contributed by atoms with E-state index in [0.29, 0.717) is 21.3 Å². The highest BCUT2D eigenvalue weighted by molar-refractivity contribution is 9.10. The van der Waals surface area contributed by atoms with Crippen LogP contribution < -0.4 is 20.2 Å². The average molecular weight is 450 g/mol. The van der Waals surface area contributed by atoms with Gasteiger partial charge in [0.1, 0.15) is 11.8 Å². The first-order valence-electron chi connectivity index (χ1n) is 8.20. The normalized spacial score (nSPS) is 11.7. The van der Waals surface area contributed by atoms with Gasteiger partial charge in [-0.05, 0) is 64.8 Å². The number of carbonyl (C=O) groups excluding carboxylic acids is 2. The van der Waals surface area contributed by atoms with E-state index in [2.05, 4.69) is 31.8 Å². The van der Waals surface area contributed by atoms with Crippen molar-refractivity contribution in [2.75, 3.05) is 14.2 Å². The number of hydrogen-bond acceptors (Lipinski definition) is 6. The molecule has 2 amide bonds. The predicted molar refractivity (Wildman–Crippen MR) is 108 cm³/mol. The van der Waals surface area contributed by atoms with E-state index in [0.717, 1.165) is 0 Å². The number of nitrogens with zero attached hydrogens (tertiary/aromatic N) is 1. The van der Waals surface area contributed by atoms with E-state index < -0.39 is 11.9 Å². The monoisotopic (exact) mass is 449 g/mol. The Balaban J connectivity index is 1.94.